The minimum absolute atomic E-state index is 0.0371. The number of carbonyl (C=O) groups is 1. The summed E-state index contributed by atoms with van der Waals surface area (Å²) in [4.78, 5) is 16.9. The molecule has 0 bridgehead atoms. The summed E-state index contributed by atoms with van der Waals surface area (Å²) < 4.78 is 15.5. The van der Waals surface area contributed by atoms with E-state index in [1.807, 2.05) is 48.7 Å². The summed E-state index contributed by atoms with van der Waals surface area (Å²) in [7, 11) is 0. The first kappa shape index (κ1) is 22.0. The van der Waals surface area contributed by atoms with Gasteiger partial charge in [0.2, 0.25) is 5.95 Å². The minimum Gasteiger partial charge on any atom is -0.322 e. The first-order chi connectivity index (χ1) is 17.1. The minimum atomic E-state index is -0.354. The number of carbonyl (C=O) groups excluding carboxylic acids is 1. The van der Waals surface area contributed by atoms with Crippen molar-refractivity contribution in [3.05, 3.63) is 114 Å². The number of aromatic nitrogens is 3. The second kappa shape index (κ2) is 9.57. The van der Waals surface area contributed by atoms with Crippen molar-refractivity contribution in [1.29, 1.82) is 5.26 Å². The molecule has 0 saturated carbocycles. The molecule has 0 aliphatic carbocycles. The number of nitrogens with zero attached hydrogens (tertiary/aromatic N) is 4. The zero-order valence-electron chi connectivity index (χ0n) is 18.6. The zero-order chi connectivity index (χ0) is 24.2. The molecule has 35 heavy (non-hydrogen) atoms. The van der Waals surface area contributed by atoms with E-state index in [4.69, 9.17) is 0 Å². The van der Waals surface area contributed by atoms with Crippen molar-refractivity contribution < 1.29 is 9.18 Å². The fourth-order valence-corrected chi connectivity index (χ4v) is 3.88. The summed E-state index contributed by atoms with van der Waals surface area (Å²) in [6, 6.07) is 27.2. The van der Waals surface area contributed by atoms with Crippen molar-refractivity contribution in [1.82, 2.24) is 14.6 Å². The predicted octanol–water partition coefficient (Wildman–Crippen LogP) is 5.50. The van der Waals surface area contributed by atoms with Crippen LogP contribution in [0, 0.1) is 17.1 Å². The van der Waals surface area contributed by atoms with Gasteiger partial charge in [-0.3, -0.25) is 4.79 Å². The summed E-state index contributed by atoms with van der Waals surface area (Å²) in [6.45, 7) is 0. The summed E-state index contributed by atoms with van der Waals surface area (Å²) in [5.41, 5.74) is 5.03. The average Bonchev–Trinajstić information content (AvgIpc) is 3.28. The Kier molecular flexibility index (Phi) is 6.01. The van der Waals surface area contributed by atoms with Crippen LogP contribution in [0.25, 0.3) is 16.8 Å². The third-order valence-electron chi connectivity index (χ3n) is 5.66. The van der Waals surface area contributed by atoms with E-state index in [1.165, 1.54) is 6.07 Å². The van der Waals surface area contributed by atoms with Crippen LogP contribution in [0.15, 0.2) is 91.1 Å². The van der Waals surface area contributed by atoms with E-state index in [0.29, 0.717) is 28.4 Å². The normalized spacial score (nSPS) is 10.7. The van der Waals surface area contributed by atoms with E-state index in [2.05, 4.69) is 21.5 Å². The monoisotopic (exact) mass is 461 g/mol. The van der Waals surface area contributed by atoms with Crippen molar-refractivity contribution >= 4 is 23.1 Å². The first-order valence-electron chi connectivity index (χ1n) is 11.1. The summed E-state index contributed by atoms with van der Waals surface area (Å²) in [5.74, 6) is 0.00535. The average molecular weight is 462 g/mol. The zero-order valence-corrected chi connectivity index (χ0v) is 18.6. The van der Waals surface area contributed by atoms with Gasteiger partial charge in [0.1, 0.15) is 17.7 Å². The van der Waals surface area contributed by atoms with Gasteiger partial charge in [-0.25, -0.2) is 8.91 Å². The molecule has 2 heterocycles. The van der Waals surface area contributed by atoms with Crippen LogP contribution < -0.4 is 5.32 Å². The van der Waals surface area contributed by atoms with Gasteiger partial charge >= 0.3 is 0 Å². The summed E-state index contributed by atoms with van der Waals surface area (Å²) >= 11 is 0. The molecular weight excluding hydrogens is 441 g/mol. The fourth-order valence-electron chi connectivity index (χ4n) is 3.88. The van der Waals surface area contributed by atoms with Gasteiger partial charge in [0, 0.05) is 24.6 Å². The second-order valence-electron chi connectivity index (χ2n) is 8.12. The number of nitriles is 1. The standard InChI is InChI=1S/C28H20FN5O/c29-25-7-3-1-5-21(25)16-24(35)15-19-9-11-20(12-10-19)23-13-14-27-32-28(33-34(27)18-23)31-26-8-4-2-6-22(26)17-30/h1-14,18H,15-16H2,(H,31,33). The number of fused-ring (bicyclic) bond motifs is 1. The maximum atomic E-state index is 13.8. The van der Waals surface area contributed by atoms with Gasteiger partial charge in [-0.15, -0.1) is 5.10 Å². The lowest BCUT2D eigenvalue weighted by atomic mass is 10.00. The molecule has 170 valence electrons. The van der Waals surface area contributed by atoms with Crippen molar-refractivity contribution in [2.45, 2.75) is 12.8 Å². The number of anilines is 2. The lowest BCUT2D eigenvalue weighted by Crippen LogP contribution is -2.07. The molecule has 0 spiro atoms. The van der Waals surface area contributed by atoms with Crippen LogP contribution in [-0.4, -0.2) is 20.4 Å². The largest absolute Gasteiger partial charge is 0.322 e. The Balaban J connectivity index is 1.30. The van der Waals surface area contributed by atoms with Gasteiger partial charge in [-0.05, 0) is 47.0 Å². The highest BCUT2D eigenvalue weighted by atomic mass is 19.1. The molecule has 3 aromatic carbocycles. The Morgan fingerprint density at radius 2 is 1.66 bits per heavy atom. The second-order valence-corrected chi connectivity index (χ2v) is 8.12. The van der Waals surface area contributed by atoms with Crippen LogP contribution in [0.3, 0.4) is 0 Å². The van der Waals surface area contributed by atoms with E-state index in [0.717, 1.165) is 16.7 Å². The van der Waals surface area contributed by atoms with Gasteiger partial charge in [-0.1, -0.05) is 54.6 Å². The molecule has 2 aromatic heterocycles. The maximum Gasteiger partial charge on any atom is 0.247 e. The van der Waals surface area contributed by atoms with Crippen LogP contribution in [-0.2, 0) is 17.6 Å². The quantitative estimate of drug-likeness (QED) is 0.346. The Labute approximate surface area is 201 Å². The molecule has 0 radical (unpaired) electrons. The summed E-state index contributed by atoms with van der Waals surface area (Å²) in [5, 5.41) is 16.9. The Hall–Kier alpha value is -4.83. The molecule has 0 aliphatic heterocycles. The Bertz CT molecular complexity index is 1570. The predicted molar refractivity (Wildman–Crippen MR) is 132 cm³/mol. The molecular formula is C28H20FN5O. The molecule has 0 fully saturated rings. The van der Waals surface area contributed by atoms with E-state index in [9.17, 15) is 14.4 Å². The molecule has 1 N–H and O–H groups in total. The Morgan fingerprint density at radius 1 is 0.914 bits per heavy atom. The number of rotatable bonds is 7. The van der Waals surface area contributed by atoms with Gasteiger partial charge in [-0.2, -0.15) is 10.2 Å². The molecule has 0 unspecified atom stereocenters. The fraction of sp³-hybridized carbons (Fsp3) is 0.0714. The molecule has 0 amide bonds. The maximum absolute atomic E-state index is 13.8. The number of halogens is 1. The number of ketones is 1. The van der Waals surface area contributed by atoms with Gasteiger partial charge in [0.05, 0.1) is 11.3 Å². The van der Waals surface area contributed by atoms with Crippen LogP contribution in [0.5, 0.6) is 0 Å². The SMILES string of the molecule is N#Cc1ccccc1Nc1nc2ccc(-c3ccc(CC(=O)Cc4ccccc4F)cc3)cn2n1. The highest BCUT2D eigenvalue weighted by molar-refractivity contribution is 5.83. The molecule has 5 rings (SSSR count). The number of benzene rings is 3. The highest BCUT2D eigenvalue weighted by Crippen LogP contribution is 2.23. The Morgan fingerprint density at radius 3 is 2.46 bits per heavy atom. The van der Waals surface area contributed by atoms with Crippen molar-refractivity contribution in [3.8, 4) is 17.2 Å². The number of hydrogen-bond donors (Lipinski definition) is 1. The third-order valence-corrected chi connectivity index (χ3v) is 5.66. The van der Waals surface area contributed by atoms with Crippen molar-refractivity contribution in [2.75, 3.05) is 5.32 Å². The number of hydrogen-bond acceptors (Lipinski definition) is 5. The van der Waals surface area contributed by atoms with E-state index in [-0.39, 0.29) is 24.4 Å². The molecule has 6 nitrogen and oxygen atoms in total. The topological polar surface area (TPSA) is 83.1 Å². The molecule has 0 atom stereocenters. The van der Waals surface area contributed by atoms with Gasteiger partial charge < -0.3 is 5.32 Å². The van der Waals surface area contributed by atoms with Crippen LogP contribution >= 0.6 is 0 Å². The molecule has 5 aromatic rings. The van der Waals surface area contributed by atoms with Crippen molar-refractivity contribution in [3.63, 3.8) is 0 Å². The molecule has 0 saturated heterocycles. The van der Waals surface area contributed by atoms with E-state index >= 15 is 0 Å². The summed E-state index contributed by atoms with van der Waals surface area (Å²) in [6.07, 6.45) is 2.20. The highest BCUT2D eigenvalue weighted by Gasteiger charge is 2.10. The third kappa shape index (κ3) is 4.92. The number of para-hydroxylation sites is 1. The molecule has 7 heteroatoms. The van der Waals surface area contributed by atoms with Gasteiger partial charge in [0.25, 0.3) is 0 Å². The number of nitrogens with one attached hydrogen (secondary N) is 1. The van der Waals surface area contributed by atoms with E-state index < -0.39 is 0 Å². The molecule has 0 aliphatic rings. The van der Waals surface area contributed by atoms with Crippen LogP contribution in [0.2, 0.25) is 0 Å². The lowest BCUT2D eigenvalue weighted by Gasteiger charge is -2.06. The lowest BCUT2D eigenvalue weighted by molar-refractivity contribution is -0.117. The van der Waals surface area contributed by atoms with Gasteiger partial charge in [0.15, 0.2) is 5.65 Å². The van der Waals surface area contributed by atoms with Crippen molar-refractivity contribution in [2.24, 2.45) is 0 Å². The number of Topliss-reactive ketones (excluding diaryl/α,β-unsaturated/α-hetero) is 1. The van der Waals surface area contributed by atoms with Crippen LogP contribution in [0.1, 0.15) is 16.7 Å². The van der Waals surface area contributed by atoms with Crippen LogP contribution in [0.4, 0.5) is 16.0 Å². The van der Waals surface area contributed by atoms with E-state index in [1.54, 1.807) is 40.9 Å². The number of pyridine rings is 1. The smallest absolute Gasteiger partial charge is 0.247 e. The first-order valence-corrected chi connectivity index (χ1v) is 11.1.